The van der Waals surface area contributed by atoms with Gasteiger partial charge in [-0.05, 0) is 35.4 Å². The Labute approximate surface area is 187 Å². The summed E-state index contributed by atoms with van der Waals surface area (Å²) >= 11 is 0. The third-order valence-electron chi connectivity index (χ3n) is 5.56. The number of methoxy groups -OCH3 is 1. The van der Waals surface area contributed by atoms with E-state index in [9.17, 15) is 9.90 Å². The lowest BCUT2D eigenvalue weighted by molar-refractivity contribution is 0.0697. The van der Waals surface area contributed by atoms with Crippen LogP contribution < -0.4 is 14.4 Å². The van der Waals surface area contributed by atoms with Gasteiger partial charge >= 0.3 is 5.97 Å². The van der Waals surface area contributed by atoms with Crippen LogP contribution in [0.2, 0.25) is 0 Å². The monoisotopic (exact) mass is 433 g/mol. The SMILES string of the molecule is COc1cc(CN2CCN(c3ncccc3C(=O)O)CC2)ccc1OCc1ccccc1. The molecule has 3 aromatic rings. The molecule has 1 aromatic heterocycles. The number of benzene rings is 2. The maximum absolute atomic E-state index is 11.5. The summed E-state index contributed by atoms with van der Waals surface area (Å²) < 4.78 is 11.5. The fourth-order valence-corrected chi connectivity index (χ4v) is 3.86. The second-order valence-corrected chi connectivity index (χ2v) is 7.70. The highest BCUT2D eigenvalue weighted by Gasteiger charge is 2.22. The third kappa shape index (κ3) is 5.18. The molecule has 4 rings (SSSR count). The van der Waals surface area contributed by atoms with Crippen molar-refractivity contribution in [1.29, 1.82) is 0 Å². The molecule has 1 aliphatic heterocycles. The van der Waals surface area contributed by atoms with E-state index in [1.807, 2.05) is 47.4 Å². The molecule has 0 bridgehead atoms. The average Bonchev–Trinajstić information content (AvgIpc) is 2.84. The van der Waals surface area contributed by atoms with E-state index in [2.05, 4.69) is 16.0 Å². The number of aromatic carboxylic acids is 1. The number of carbonyl (C=O) groups is 1. The molecule has 2 heterocycles. The molecule has 32 heavy (non-hydrogen) atoms. The second-order valence-electron chi connectivity index (χ2n) is 7.70. The summed E-state index contributed by atoms with van der Waals surface area (Å²) in [7, 11) is 1.65. The van der Waals surface area contributed by atoms with Gasteiger partial charge in [0.1, 0.15) is 18.0 Å². The Morgan fingerprint density at radius 3 is 2.47 bits per heavy atom. The van der Waals surface area contributed by atoms with Crippen molar-refractivity contribution in [3.8, 4) is 11.5 Å². The zero-order valence-electron chi connectivity index (χ0n) is 18.1. The quantitative estimate of drug-likeness (QED) is 0.581. The third-order valence-corrected chi connectivity index (χ3v) is 5.56. The van der Waals surface area contributed by atoms with Crippen LogP contribution in [0.3, 0.4) is 0 Å². The molecule has 0 spiro atoms. The highest BCUT2D eigenvalue weighted by molar-refractivity contribution is 5.93. The summed E-state index contributed by atoms with van der Waals surface area (Å²) in [6.07, 6.45) is 1.64. The smallest absolute Gasteiger partial charge is 0.339 e. The van der Waals surface area contributed by atoms with Crippen molar-refractivity contribution in [2.75, 3.05) is 38.2 Å². The van der Waals surface area contributed by atoms with Gasteiger partial charge in [-0.25, -0.2) is 9.78 Å². The minimum absolute atomic E-state index is 0.247. The van der Waals surface area contributed by atoms with Crippen LogP contribution in [0.5, 0.6) is 11.5 Å². The number of nitrogens with zero attached hydrogens (tertiary/aromatic N) is 3. The van der Waals surface area contributed by atoms with E-state index < -0.39 is 5.97 Å². The maximum atomic E-state index is 11.5. The van der Waals surface area contributed by atoms with E-state index >= 15 is 0 Å². The van der Waals surface area contributed by atoms with E-state index in [1.165, 1.54) is 0 Å². The lowest BCUT2D eigenvalue weighted by Crippen LogP contribution is -2.46. The second kappa shape index (κ2) is 10.2. The Bertz CT molecular complexity index is 1050. The van der Waals surface area contributed by atoms with Crippen molar-refractivity contribution in [2.24, 2.45) is 0 Å². The summed E-state index contributed by atoms with van der Waals surface area (Å²) in [6, 6.07) is 19.3. The van der Waals surface area contributed by atoms with Gasteiger partial charge in [0.05, 0.1) is 7.11 Å². The predicted molar refractivity (Wildman–Crippen MR) is 122 cm³/mol. The molecule has 1 aliphatic rings. The van der Waals surface area contributed by atoms with Crippen molar-refractivity contribution < 1.29 is 19.4 Å². The van der Waals surface area contributed by atoms with Crippen LogP contribution in [0.4, 0.5) is 5.82 Å². The molecular weight excluding hydrogens is 406 g/mol. The minimum Gasteiger partial charge on any atom is -0.493 e. The summed E-state index contributed by atoms with van der Waals surface area (Å²) in [5.41, 5.74) is 2.50. The van der Waals surface area contributed by atoms with Crippen LogP contribution in [-0.2, 0) is 13.2 Å². The number of aromatic nitrogens is 1. The van der Waals surface area contributed by atoms with E-state index in [4.69, 9.17) is 9.47 Å². The number of carboxylic acid groups (broad SMARTS) is 1. The lowest BCUT2D eigenvalue weighted by Gasteiger charge is -2.35. The number of piperazine rings is 1. The van der Waals surface area contributed by atoms with Crippen LogP contribution in [-0.4, -0.2) is 54.2 Å². The first-order valence-electron chi connectivity index (χ1n) is 10.6. The number of carboxylic acids is 1. The highest BCUT2D eigenvalue weighted by atomic mass is 16.5. The standard InChI is InChI=1S/C25H27N3O4/c1-31-23-16-20(9-10-22(23)32-18-19-6-3-2-4-7-19)17-27-12-14-28(15-13-27)24-21(25(29)30)8-5-11-26-24/h2-11,16H,12-15,17-18H2,1H3,(H,29,30). The molecule has 0 aliphatic carbocycles. The van der Waals surface area contributed by atoms with Crippen molar-refractivity contribution >= 4 is 11.8 Å². The maximum Gasteiger partial charge on any atom is 0.339 e. The Kier molecular flexibility index (Phi) is 6.87. The van der Waals surface area contributed by atoms with Gasteiger partial charge in [-0.2, -0.15) is 0 Å². The van der Waals surface area contributed by atoms with E-state index in [1.54, 1.807) is 25.4 Å². The Hall–Kier alpha value is -3.58. The first kappa shape index (κ1) is 21.6. The van der Waals surface area contributed by atoms with Gasteiger partial charge in [-0.1, -0.05) is 36.4 Å². The highest BCUT2D eigenvalue weighted by Crippen LogP contribution is 2.29. The zero-order chi connectivity index (χ0) is 22.3. The number of anilines is 1. The molecule has 7 heteroatoms. The molecule has 166 valence electrons. The first-order valence-corrected chi connectivity index (χ1v) is 10.6. The number of pyridine rings is 1. The molecule has 1 fully saturated rings. The number of hydrogen-bond acceptors (Lipinski definition) is 6. The fourth-order valence-electron chi connectivity index (χ4n) is 3.86. The molecule has 1 saturated heterocycles. The fraction of sp³-hybridized carbons (Fsp3) is 0.280. The van der Waals surface area contributed by atoms with Gasteiger partial charge in [0.2, 0.25) is 0 Å². The van der Waals surface area contributed by atoms with Gasteiger partial charge in [-0.3, -0.25) is 4.90 Å². The molecule has 0 amide bonds. The van der Waals surface area contributed by atoms with Crippen LogP contribution in [0.25, 0.3) is 0 Å². The molecule has 0 radical (unpaired) electrons. The van der Waals surface area contributed by atoms with Crippen molar-refractivity contribution in [3.63, 3.8) is 0 Å². The molecule has 0 unspecified atom stereocenters. The van der Waals surface area contributed by atoms with Crippen LogP contribution in [0.1, 0.15) is 21.5 Å². The van der Waals surface area contributed by atoms with E-state index in [0.717, 1.165) is 55.3 Å². The Morgan fingerprint density at radius 1 is 0.969 bits per heavy atom. The molecule has 0 atom stereocenters. The topological polar surface area (TPSA) is 75.1 Å². The van der Waals surface area contributed by atoms with Crippen LogP contribution in [0, 0.1) is 0 Å². The van der Waals surface area contributed by atoms with Crippen molar-refractivity contribution in [2.45, 2.75) is 13.2 Å². The largest absolute Gasteiger partial charge is 0.493 e. The molecular formula is C25H27N3O4. The van der Waals surface area contributed by atoms with Crippen molar-refractivity contribution in [1.82, 2.24) is 9.88 Å². The summed E-state index contributed by atoms with van der Waals surface area (Å²) in [5.74, 6) is 1.04. The van der Waals surface area contributed by atoms with Crippen LogP contribution in [0.15, 0.2) is 66.9 Å². The van der Waals surface area contributed by atoms with Gasteiger partial charge in [0.25, 0.3) is 0 Å². The van der Waals surface area contributed by atoms with Crippen LogP contribution >= 0.6 is 0 Å². The van der Waals surface area contributed by atoms with Gasteiger partial charge < -0.3 is 19.5 Å². The minimum atomic E-state index is -0.947. The molecule has 2 aromatic carbocycles. The van der Waals surface area contributed by atoms with Crippen molar-refractivity contribution in [3.05, 3.63) is 83.6 Å². The van der Waals surface area contributed by atoms with Gasteiger partial charge in [0.15, 0.2) is 11.5 Å². The first-order chi connectivity index (χ1) is 15.6. The van der Waals surface area contributed by atoms with E-state index in [-0.39, 0.29) is 5.56 Å². The number of ether oxygens (including phenoxy) is 2. The Morgan fingerprint density at radius 2 is 1.75 bits per heavy atom. The Balaban J connectivity index is 1.35. The molecule has 1 N–H and O–H groups in total. The number of rotatable bonds is 8. The van der Waals surface area contributed by atoms with Gasteiger partial charge in [-0.15, -0.1) is 0 Å². The summed E-state index contributed by atoms with van der Waals surface area (Å²) in [4.78, 5) is 20.2. The lowest BCUT2D eigenvalue weighted by atomic mass is 10.1. The average molecular weight is 434 g/mol. The predicted octanol–water partition coefficient (Wildman–Crippen LogP) is 3.69. The van der Waals surface area contributed by atoms with Gasteiger partial charge in [0, 0.05) is 38.9 Å². The molecule has 7 nitrogen and oxygen atoms in total. The number of hydrogen-bond donors (Lipinski definition) is 1. The zero-order valence-corrected chi connectivity index (χ0v) is 18.1. The molecule has 0 saturated carbocycles. The summed E-state index contributed by atoms with van der Waals surface area (Å²) in [5, 5.41) is 9.42. The normalized spacial score (nSPS) is 14.2. The summed E-state index contributed by atoms with van der Waals surface area (Å²) in [6.45, 7) is 4.38. The van der Waals surface area contributed by atoms with E-state index in [0.29, 0.717) is 12.4 Å².